The summed E-state index contributed by atoms with van der Waals surface area (Å²) in [7, 11) is 1.45. The van der Waals surface area contributed by atoms with Crippen molar-refractivity contribution in [2.24, 2.45) is 10.1 Å². The summed E-state index contributed by atoms with van der Waals surface area (Å²) in [5, 5.41) is 16.7. The number of carboxylic acid groups (broad SMARTS) is 2. The van der Waals surface area contributed by atoms with Gasteiger partial charge in [-0.2, -0.15) is 4.40 Å². The van der Waals surface area contributed by atoms with Gasteiger partial charge < -0.3 is 20.8 Å². The summed E-state index contributed by atoms with van der Waals surface area (Å²) in [6.45, 7) is -0.275. The quantitative estimate of drug-likeness (QED) is 0.311. The molecule has 0 aliphatic carbocycles. The molecule has 0 rings (SSSR count). The van der Waals surface area contributed by atoms with Gasteiger partial charge in [0.05, 0.1) is 0 Å². The molecular formula is C6H11N3O4S. The van der Waals surface area contributed by atoms with E-state index in [2.05, 4.69) is 4.40 Å². The van der Waals surface area contributed by atoms with Crippen LogP contribution >= 0.6 is 11.9 Å². The third-order valence-corrected chi connectivity index (χ3v) is 1.80. The van der Waals surface area contributed by atoms with E-state index < -0.39 is 11.9 Å². The largest absolute Gasteiger partial charge is 0.481 e. The molecule has 0 radical (unpaired) electrons. The summed E-state index contributed by atoms with van der Waals surface area (Å²) in [4.78, 5) is 21.5. The Bertz CT molecular complexity index is 255. The molecule has 4 N–H and O–H groups in total. The van der Waals surface area contributed by atoms with Gasteiger partial charge in [-0.05, 0) is 11.9 Å². The summed E-state index contributed by atoms with van der Waals surface area (Å²) in [5.41, 5.74) is 5.35. The molecule has 7 nitrogen and oxygen atoms in total. The monoisotopic (exact) mass is 221 g/mol. The first-order valence-electron chi connectivity index (χ1n) is 3.53. The third kappa shape index (κ3) is 6.12. The summed E-state index contributed by atoms with van der Waals surface area (Å²) in [5.74, 6) is -2.26. The second kappa shape index (κ2) is 6.08. The van der Waals surface area contributed by atoms with Gasteiger partial charge in [-0.25, -0.2) is 0 Å². The van der Waals surface area contributed by atoms with E-state index in [1.807, 2.05) is 0 Å². The number of hydrogen-bond donors (Lipinski definition) is 3. The molecule has 14 heavy (non-hydrogen) atoms. The molecule has 0 aliphatic rings. The molecule has 0 saturated carbocycles. The smallest absolute Gasteiger partial charge is 0.323 e. The molecule has 80 valence electrons. The fourth-order valence-electron chi connectivity index (χ4n) is 0.507. The zero-order valence-electron chi connectivity index (χ0n) is 7.51. The minimum absolute atomic E-state index is 0.0151. The first-order valence-corrected chi connectivity index (χ1v) is 4.48. The van der Waals surface area contributed by atoms with Crippen LogP contribution in [0.15, 0.2) is 4.40 Å². The van der Waals surface area contributed by atoms with E-state index in [-0.39, 0.29) is 18.3 Å². The van der Waals surface area contributed by atoms with Crippen molar-refractivity contribution in [1.82, 2.24) is 4.90 Å². The third-order valence-electron chi connectivity index (χ3n) is 1.11. The van der Waals surface area contributed by atoms with Crippen LogP contribution in [0.5, 0.6) is 0 Å². The standard InChI is InChI=1S/C6H11N3O4S/c1-9(2-4(10)11)6(7)8-14-3-5(12)13/h2-3H2,1H3,(H2,7,8)(H,10,11)(H,12,13). The highest BCUT2D eigenvalue weighted by Crippen LogP contribution is 2.01. The Kier molecular flexibility index (Phi) is 5.46. The maximum absolute atomic E-state index is 10.2. The maximum Gasteiger partial charge on any atom is 0.323 e. The van der Waals surface area contributed by atoms with Crippen molar-refractivity contribution in [2.75, 3.05) is 19.3 Å². The Labute approximate surface area is 84.7 Å². The highest BCUT2D eigenvalue weighted by Gasteiger charge is 2.06. The Morgan fingerprint density at radius 1 is 1.43 bits per heavy atom. The van der Waals surface area contributed by atoms with Crippen LogP contribution in [0, 0.1) is 0 Å². The summed E-state index contributed by atoms with van der Waals surface area (Å²) < 4.78 is 3.61. The molecule has 8 heteroatoms. The molecule has 0 aliphatic heterocycles. The predicted octanol–water partition coefficient (Wildman–Crippen LogP) is -0.950. The minimum atomic E-state index is -1.03. The topological polar surface area (TPSA) is 116 Å². The van der Waals surface area contributed by atoms with Gasteiger partial charge in [0.25, 0.3) is 0 Å². The van der Waals surface area contributed by atoms with Gasteiger partial charge in [0, 0.05) is 7.05 Å². The fourth-order valence-corrected chi connectivity index (χ4v) is 0.954. The van der Waals surface area contributed by atoms with E-state index in [1.165, 1.54) is 11.9 Å². The molecule has 0 spiro atoms. The van der Waals surface area contributed by atoms with Crippen molar-refractivity contribution in [1.29, 1.82) is 0 Å². The molecule has 0 saturated heterocycles. The summed E-state index contributed by atoms with van der Waals surface area (Å²) in [6.07, 6.45) is 0. The SMILES string of the molecule is CN(CC(=O)O)C(N)=NSCC(=O)O. The van der Waals surface area contributed by atoms with Crippen LogP contribution in [-0.4, -0.2) is 52.4 Å². The number of hydrogen-bond acceptors (Lipinski definition) is 4. The van der Waals surface area contributed by atoms with Crippen LogP contribution < -0.4 is 5.73 Å². The van der Waals surface area contributed by atoms with E-state index >= 15 is 0 Å². The second-order valence-electron chi connectivity index (χ2n) is 2.37. The molecule has 0 aromatic heterocycles. The molecule has 0 amide bonds. The Balaban J connectivity index is 3.96. The summed E-state index contributed by atoms with van der Waals surface area (Å²) >= 11 is 0.754. The normalized spacial score (nSPS) is 11.1. The molecule has 0 aromatic rings. The fraction of sp³-hybridized carbons (Fsp3) is 0.500. The first kappa shape index (κ1) is 12.6. The van der Waals surface area contributed by atoms with Gasteiger partial charge >= 0.3 is 11.9 Å². The van der Waals surface area contributed by atoms with E-state index in [4.69, 9.17) is 15.9 Å². The number of likely N-dealkylation sites (N-methyl/N-ethyl adjacent to an activating group) is 1. The van der Waals surface area contributed by atoms with E-state index in [0.29, 0.717) is 0 Å². The average molecular weight is 221 g/mol. The number of rotatable bonds is 5. The van der Waals surface area contributed by atoms with Crippen LogP contribution in [-0.2, 0) is 9.59 Å². The lowest BCUT2D eigenvalue weighted by Gasteiger charge is -2.14. The van der Waals surface area contributed by atoms with Crippen LogP contribution in [0.2, 0.25) is 0 Å². The number of carbonyl (C=O) groups is 2. The van der Waals surface area contributed by atoms with E-state index in [9.17, 15) is 9.59 Å². The Morgan fingerprint density at radius 2 is 2.00 bits per heavy atom. The number of nitrogens with two attached hydrogens (primary N) is 1. The van der Waals surface area contributed by atoms with Crippen LogP contribution in [0.3, 0.4) is 0 Å². The lowest BCUT2D eigenvalue weighted by Crippen LogP contribution is -2.37. The molecule has 0 aromatic carbocycles. The van der Waals surface area contributed by atoms with Crippen molar-refractivity contribution >= 4 is 29.8 Å². The van der Waals surface area contributed by atoms with Gasteiger partial charge in [0.1, 0.15) is 12.3 Å². The minimum Gasteiger partial charge on any atom is -0.481 e. The van der Waals surface area contributed by atoms with Gasteiger partial charge in [-0.3, -0.25) is 9.59 Å². The van der Waals surface area contributed by atoms with Crippen LogP contribution in [0.25, 0.3) is 0 Å². The summed E-state index contributed by atoms with van der Waals surface area (Å²) in [6, 6.07) is 0. The van der Waals surface area contributed by atoms with Crippen LogP contribution in [0.4, 0.5) is 0 Å². The highest BCUT2D eigenvalue weighted by molar-refractivity contribution is 7.98. The maximum atomic E-state index is 10.2. The van der Waals surface area contributed by atoms with Gasteiger partial charge in [-0.15, -0.1) is 0 Å². The molecule has 0 atom stereocenters. The van der Waals surface area contributed by atoms with E-state index in [0.717, 1.165) is 11.9 Å². The second-order valence-corrected chi connectivity index (χ2v) is 3.10. The Hall–Kier alpha value is -1.44. The number of carboxylic acids is 2. The van der Waals surface area contributed by atoms with Crippen molar-refractivity contribution in [3.05, 3.63) is 0 Å². The molecule has 0 heterocycles. The number of guanidine groups is 1. The number of aliphatic carboxylic acids is 2. The molecule has 0 bridgehead atoms. The van der Waals surface area contributed by atoms with E-state index in [1.54, 1.807) is 0 Å². The van der Waals surface area contributed by atoms with Gasteiger partial charge in [-0.1, -0.05) is 0 Å². The van der Waals surface area contributed by atoms with Crippen LogP contribution in [0.1, 0.15) is 0 Å². The first-order chi connectivity index (χ1) is 6.43. The molecule has 0 fully saturated rings. The average Bonchev–Trinajstić information content (AvgIpc) is 2.01. The molecular weight excluding hydrogens is 210 g/mol. The van der Waals surface area contributed by atoms with Crippen molar-refractivity contribution < 1.29 is 19.8 Å². The highest BCUT2D eigenvalue weighted by atomic mass is 32.2. The van der Waals surface area contributed by atoms with Crippen molar-refractivity contribution in [3.63, 3.8) is 0 Å². The predicted molar refractivity (Wildman–Crippen MR) is 52.0 cm³/mol. The zero-order chi connectivity index (χ0) is 11.1. The van der Waals surface area contributed by atoms with Gasteiger partial charge in [0.2, 0.25) is 5.96 Å². The molecule has 0 unspecified atom stereocenters. The zero-order valence-corrected chi connectivity index (χ0v) is 8.32. The number of nitrogens with zero attached hydrogens (tertiary/aromatic N) is 2. The Morgan fingerprint density at radius 3 is 2.43 bits per heavy atom. The van der Waals surface area contributed by atoms with Gasteiger partial charge in [0.15, 0.2) is 0 Å². The lowest BCUT2D eigenvalue weighted by molar-refractivity contribution is -0.137. The van der Waals surface area contributed by atoms with Crippen molar-refractivity contribution in [2.45, 2.75) is 0 Å². The lowest BCUT2D eigenvalue weighted by atomic mass is 10.6. The van der Waals surface area contributed by atoms with Crippen molar-refractivity contribution in [3.8, 4) is 0 Å².